The van der Waals surface area contributed by atoms with Crippen LogP contribution in [-0.4, -0.2) is 40.8 Å². The first-order valence-corrected chi connectivity index (χ1v) is 9.23. The topological polar surface area (TPSA) is 90.3 Å². The number of aromatic nitrogens is 2. The number of benzene rings is 2. The average Bonchev–Trinajstić information content (AvgIpc) is 2.71. The van der Waals surface area contributed by atoms with Crippen molar-refractivity contribution >= 4 is 34.5 Å². The van der Waals surface area contributed by atoms with E-state index in [0.29, 0.717) is 10.9 Å². The van der Waals surface area contributed by atoms with Gasteiger partial charge in [0, 0.05) is 0 Å². The molecule has 0 bridgehead atoms. The molecule has 0 saturated carbocycles. The van der Waals surface area contributed by atoms with E-state index in [1.54, 1.807) is 30.3 Å². The summed E-state index contributed by atoms with van der Waals surface area (Å²) in [5.74, 6) is -1.72. The number of ether oxygens (including phenoxy) is 1. The molecule has 3 rings (SSSR count). The van der Waals surface area contributed by atoms with Gasteiger partial charge in [-0.25, -0.2) is 9.37 Å². The van der Waals surface area contributed by atoms with Gasteiger partial charge in [0.15, 0.2) is 5.16 Å². The highest BCUT2D eigenvalue weighted by molar-refractivity contribution is 7.99. The molecular weight excluding hydrogens is 385 g/mol. The van der Waals surface area contributed by atoms with E-state index in [1.807, 2.05) is 0 Å². The van der Waals surface area contributed by atoms with Gasteiger partial charge in [-0.1, -0.05) is 36.0 Å². The van der Waals surface area contributed by atoms with Gasteiger partial charge >= 0.3 is 5.97 Å². The monoisotopic (exact) mass is 401 g/mol. The molecule has 28 heavy (non-hydrogen) atoms. The van der Waals surface area contributed by atoms with E-state index in [1.165, 1.54) is 25.3 Å². The van der Waals surface area contributed by atoms with E-state index in [4.69, 9.17) is 0 Å². The molecule has 3 aromatic rings. The van der Waals surface area contributed by atoms with Crippen LogP contribution in [0.15, 0.2) is 58.5 Å². The molecule has 144 valence electrons. The number of nitrogens with one attached hydrogen (secondary N) is 1. The first-order valence-electron chi connectivity index (χ1n) is 8.24. The predicted molar refractivity (Wildman–Crippen MR) is 103 cm³/mol. The minimum atomic E-state index is -0.585. The Bertz CT molecular complexity index is 1100. The van der Waals surface area contributed by atoms with E-state index in [9.17, 15) is 18.8 Å². The van der Waals surface area contributed by atoms with Gasteiger partial charge in [-0.3, -0.25) is 19.0 Å². The fourth-order valence-electron chi connectivity index (χ4n) is 2.48. The number of halogens is 1. The van der Waals surface area contributed by atoms with Crippen molar-refractivity contribution < 1.29 is 18.7 Å². The van der Waals surface area contributed by atoms with Crippen LogP contribution in [0.4, 0.5) is 4.39 Å². The molecule has 0 saturated heterocycles. The Morgan fingerprint density at radius 1 is 1.18 bits per heavy atom. The fourth-order valence-corrected chi connectivity index (χ4v) is 3.31. The SMILES string of the molecule is COC(=O)CNC(=O)CSc1nc2ccccc2c(=O)n1-c1ccccc1F. The highest BCUT2D eigenvalue weighted by atomic mass is 32.2. The van der Waals surface area contributed by atoms with Gasteiger partial charge in [0.2, 0.25) is 5.91 Å². The lowest BCUT2D eigenvalue weighted by molar-refractivity contribution is -0.140. The average molecular weight is 401 g/mol. The molecule has 0 radical (unpaired) electrons. The number of esters is 1. The van der Waals surface area contributed by atoms with Crippen LogP contribution in [0, 0.1) is 5.82 Å². The van der Waals surface area contributed by atoms with Crippen LogP contribution >= 0.6 is 11.8 Å². The first kappa shape index (κ1) is 19.6. The summed E-state index contributed by atoms with van der Waals surface area (Å²) >= 11 is 0.968. The molecule has 1 aromatic heterocycles. The predicted octanol–water partition coefficient (Wildman–Crippen LogP) is 1.91. The summed E-state index contributed by atoms with van der Waals surface area (Å²) in [5.41, 5.74) is 0.0500. The van der Waals surface area contributed by atoms with Crippen molar-refractivity contribution in [2.75, 3.05) is 19.4 Å². The zero-order valence-electron chi connectivity index (χ0n) is 14.8. The van der Waals surface area contributed by atoms with Crippen LogP contribution in [0.3, 0.4) is 0 Å². The van der Waals surface area contributed by atoms with Crippen LogP contribution in [0.1, 0.15) is 0 Å². The van der Waals surface area contributed by atoms with Gasteiger partial charge in [-0.15, -0.1) is 0 Å². The molecule has 1 heterocycles. The van der Waals surface area contributed by atoms with E-state index < -0.39 is 23.3 Å². The minimum Gasteiger partial charge on any atom is -0.468 e. The maximum absolute atomic E-state index is 14.4. The lowest BCUT2D eigenvalue weighted by Gasteiger charge is -2.13. The number of thioether (sulfide) groups is 1. The van der Waals surface area contributed by atoms with E-state index in [-0.39, 0.29) is 23.1 Å². The third-order valence-corrected chi connectivity index (χ3v) is 4.77. The van der Waals surface area contributed by atoms with Gasteiger partial charge < -0.3 is 10.1 Å². The summed E-state index contributed by atoms with van der Waals surface area (Å²) in [6.45, 7) is -0.263. The normalized spacial score (nSPS) is 10.6. The maximum atomic E-state index is 14.4. The van der Waals surface area contributed by atoms with Crippen LogP contribution in [0.5, 0.6) is 0 Å². The second kappa shape index (κ2) is 8.66. The molecule has 0 aliphatic carbocycles. The van der Waals surface area contributed by atoms with Crippen molar-refractivity contribution in [3.05, 3.63) is 64.7 Å². The number of nitrogens with zero attached hydrogens (tertiary/aromatic N) is 2. The number of carbonyl (C=O) groups excluding carboxylic acids is 2. The van der Waals surface area contributed by atoms with Crippen LogP contribution in [-0.2, 0) is 14.3 Å². The highest BCUT2D eigenvalue weighted by Gasteiger charge is 2.17. The van der Waals surface area contributed by atoms with Gasteiger partial charge in [0.1, 0.15) is 12.4 Å². The van der Waals surface area contributed by atoms with E-state index in [0.717, 1.165) is 16.3 Å². The Balaban J connectivity index is 1.98. The van der Waals surface area contributed by atoms with Crippen molar-refractivity contribution in [3.63, 3.8) is 0 Å². The number of hydrogen-bond donors (Lipinski definition) is 1. The third-order valence-electron chi connectivity index (χ3n) is 3.83. The Kier molecular flexibility index (Phi) is 6.05. The number of rotatable bonds is 6. The third kappa shape index (κ3) is 4.20. The molecule has 1 amide bonds. The molecule has 1 N–H and O–H groups in total. The molecule has 0 atom stereocenters. The molecule has 0 fully saturated rings. The van der Waals surface area contributed by atoms with Gasteiger partial charge in [0.05, 0.1) is 29.5 Å². The molecule has 7 nitrogen and oxygen atoms in total. The van der Waals surface area contributed by atoms with Crippen molar-refractivity contribution in [2.45, 2.75) is 5.16 Å². The second-order valence-corrected chi connectivity index (χ2v) is 6.59. The quantitative estimate of drug-likeness (QED) is 0.386. The summed E-state index contributed by atoms with van der Waals surface area (Å²) in [7, 11) is 1.22. The second-order valence-electron chi connectivity index (χ2n) is 5.65. The molecule has 2 aromatic carbocycles. The molecule has 0 aliphatic heterocycles. The first-order chi connectivity index (χ1) is 13.5. The van der Waals surface area contributed by atoms with Crippen LogP contribution < -0.4 is 10.9 Å². The lowest BCUT2D eigenvalue weighted by atomic mass is 10.2. The Labute approximate surface area is 163 Å². The fraction of sp³-hybridized carbons (Fsp3) is 0.158. The van der Waals surface area contributed by atoms with Crippen molar-refractivity contribution in [2.24, 2.45) is 0 Å². The Hall–Kier alpha value is -3.20. The number of hydrogen-bond acceptors (Lipinski definition) is 6. The van der Waals surface area contributed by atoms with E-state index >= 15 is 0 Å². The molecule has 9 heteroatoms. The summed E-state index contributed by atoms with van der Waals surface area (Å²) in [6.07, 6.45) is 0. The number of carbonyl (C=O) groups is 2. The standard InChI is InChI=1S/C19H16FN3O4S/c1-27-17(25)10-21-16(24)11-28-19-22-14-8-4-2-6-12(14)18(26)23(19)15-9-5-3-7-13(15)20/h2-9H,10-11H2,1H3,(H,21,24). The Morgan fingerprint density at radius 3 is 2.64 bits per heavy atom. The lowest BCUT2D eigenvalue weighted by Crippen LogP contribution is -2.31. The highest BCUT2D eigenvalue weighted by Crippen LogP contribution is 2.22. The summed E-state index contributed by atoms with van der Waals surface area (Å²) < 4.78 is 20.0. The van der Waals surface area contributed by atoms with Gasteiger partial charge in [-0.2, -0.15) is 0 Å². The largest absolute Gasteiger partial charge is 0.468 e. The number of para-hydroxylation sites is 2. The van der Waals surface area contributed by atoms with E-state index in [2.05, 4.69) is 15.0 Å². The number of methoxy groups -OCH3 is 1. The Morgan fingerprint density at radius 2 is 1.89 bits per heavy atom. The number of amides is 1. The van der Waals surface area contributed by atoms with Crippen molar-refractivity contribution in [1.82, 2.24) is 14.9 Å². The zero-order valence-corrected chi connectivity index (χ0v) is 15.7. The van der Waals surface area contributed by atoms with Crippen molar-refractivity contribution in [1.29, 1.82) is 0 Å². The smallest absolute Gasteiger partial charge is 0.325 e. The number of fused-ring (bicyclic) bond motifs is 1. The molecule has 0 spiro atoms. The molecule has 0 aliphatic rings. The summed E-state index contributed by atoms with van der Waals surface area (Å²) in [5, 5.41) is 2.91. The zero-order chi connectivity index (χ0) is 20.1. The van der Waals surface area contributed by atoms with Crippen LogP contribution in [0.2, 0.25) is 0 Å². The maximum Gasteiger partial charge on any atom is 0.325 e. The molecule has 0 unspecified atom stereocenters. The summed E-state index contributed by atoms with van der Waals surface area (Å²) in [6, 6.07) is 12.6. The minimum absolute atomic E-state index is 0.0446. The van der Waals surface area contributed by atoms with Crippen molar-refractivity contribution in [3.8, 4) is 5.69 Å². The molecular formula is C19H16FN3O4S. The van der Waals surface area contributed by atoms with Crippen LogP contribution in [0.25, 0.3) is 16.6 Å². The van der Waals surface area contributed by atoms with Gasteiger partial charge in [0.25, 0.3) is 5.56 Å². The van der Waals surface area contributed by atoms with Gasteiger partial charge in [-0.05, 0) is 24.3 Å². The summed E-state index contributed by atoms with van der Waals surface area (Å²) in [4.78, 5) is 40.5.